The monoisotopic (exact) mass is 370 g/mol. The zero-order valence-corrected chi connectivity index (χ0v) is 13.1. The Morgan fingerprint density at radius 2 is 1.80 bits per heavy atom. The second-order valence-electron chi connectivity index (χ2n) is 3.87. The summed E-state index contributed by atoms with van der Waals surface area (Å²) in [5, 5.41) is 8.99. The number of nitrogens with one attached hydrogen (secondary N) is 1. The topological polar surface area (TPSA) is 70.0 Å². The average molecular weight is 372 g/mol. The van der Waals surface area contributed by atoms with Gasteiger partial charge in [0.2, 0.25) is 0 Å². The molecule has 20 heavy (non-hydrogen) atoms. The summed E-state index contributed by atoms with van der Waals surface area (Å²) in [6.07, 6.45) is 0. The number of rotatable bonds is 3. The van der Waals surface area contributed by atoms with E-state index in [-0.39, 0.29) is 10.6 Å². The first kappa shape index (κ1) is 14.9. The Labute approximate surface area is 130 Å². The lowest BCUT2D eigenvalue weighted by Crippen LogP contribution is -2.13. The molecule has 0 spiro atoms. The molecular weight excluding hydrogens is 364 g/mol. The van der Waals surface area contributed by atoms with Gasteiger partial charge in [0.05, 0.1) is 27.2 Å². The van der Waals surface area contributed by atoms with Crippen molar-refractivity contribution in [2.24, 2.45) is 0 Å². The highest BCUT2D eigenvalue weighted by Gasteiger charge is 2.15. The Kier molecular flexibility index (Phi) is 4.33. The molecule has 1 N–H and O–H groups in total. The summed E-state index contributed by atoms with van der Waals surface area (Å²) >= 11 is 9.20. The quantitative estimate of drug-likeness (QED) is 0.892. The molecule has 0 bridgehead atoms. The maximum absolute atomic E-state index is 12.2. The molecule has 0 heterocycles. The molecule has 0 aliphatic carbocycles. The van der Waals surface area contributed by atoms with E-state index in [9.17, 15) is 8.42 Å². The number of anilines is 1. The normalized spacial score (nSPS) is 10.8. The van der Waals surface area contributed by atoms with E-state index >= 15 is 0 Å². The molecule has 0 unspecified atom stereocenters. The second kappa shape index (κ2) is 5.83. The molecule has 0 atom stereocenters. The number of nitriles is 1. The lowest BCUT2D eigenvalue weighted by atomic mass is 10.2. The zero-order valence-electron chi connectivity index (χ0n) is 9.97. The Morgan fingerprint density at radius 1 is 1.15 bits per heavy atom. The van der Waals surface area contributed by atoms with Crippen molar-refractivity contribution in [3.05, 3.63) is 57.5 Å². The van der Waals surface area contributed by atoms with Gasteiger partial charge in [0.15, 0.2) is 0 Å². The molecule has 102 valence electrons. The highest BCUT2D eigenvalue weighted by Crippen LogP contribution is 2.27. The molecule has 0 amide bonds. The number of sulfonamides is 1. The van der Waals surface area contributed by atoms with Crippen LogP contribution in [0.25, 0.3) is 0 Å². The Hall–Kier alpha value is -1.55. The summed E-state index contributed by atoms with van der Waals surface area (Å²) in [6, 6.07) is 12.4. The van der Waals surface area contributed by atoms with Crippen molar-refractivity contribution in [3.63, 3.8) is 0 Å². The molecule has 0 saturated heterocycles. The maximum Gasteiger partial charge on any atom is 0.261 e. The molecule has 0 aliphatic heterocycles. The van der Waals surface area contributed by atoms with Gasteiger partial charge in [-0.1, -0.05) is 27.5 Å². The fraction of sp³-hybridized carbons (Fsp3) is 0. The molecule has 0 aliphatic rings. The van der Waals surface area contributed by atoms with Crippen LogP contribution in [0.2, 0.25) is 5.02 Å². The van der Waals surface area contributed by atoms with Gasteiger partial charge in [-0.2, -0.15) is 5.26 Å². The van der Waals surface area contributed by atoms with E-state index in [1.165, 1.54) is 24.3 Å². The van der Waals surface area contributed by atoms with Crippen molar-refractivity contribution in [2.45, 2.75) is 4.90 Å². The number of hydrogen-bond donors (Lipinski definition) is 1. The number of nitrogens with zero attached hydrogens (tertiary/aromatic N) is 1. The summed E-state index contributed by atoms with van der Waals surface area (Å²) in [5.74, 6) is 0. The first-order valence-electron chi connectivity index (χ1n) is 5.40. The van der Waals surface area contributed by atoms with Gasteiger partial charge in [-0.05, 0) is 42.5 Å². The molecule has 0 radical (unpaired) electrons. The van der Waals surface area contributed by atoms with Crippen molar-refractivity contribution >= 4 is 43.2 Å². The van der Waals surface area contributed by atoms with Crippen LogP contribution >= 0.6 is 27.5 Å². The number of benzene rings is 2. The maximum atomic E-state index is 12.2. The zero-order chi connectivity index (χ0) is 14.8. The summed E-state index contributed by atoms with van der Waals surface area (Å²) in [4.78, 5) is 0.0625. The van der Waals surface area contributed by atoms with E-state index < -0.39 is 10.0 Å². The van der Waals surface area contributed by atoms with Crippen molar-refractivity contribution in [1.82, 2.24) is 0 Å². The molecule has 0 fully saturated rings. The Bertz CT molecular complexity index is 783. The summed E-state index contributed by atoms with van der Waals surface area (Å²) in [5.41, 5.74) is 0.676. The van der Waals surface area contributed by atoms with Crippen LogP contribution < -0.4 is 4.72 Å². The van der Waals surface area contributed by atoms with Crippen LogP contribution in [0.5, 0.6) is 0 Å². The number of halogens is 2. The van der Waals surface area contributed by atoms with Crippen LogP contribution in [0.4, 0.5) is 5.69 Å². The van der Waals surface area contributed by atoms with Gasteiger partial charge in [-0.25, -0.2) is 8.42 Å². The minimum Gasteiger partial charge on any atom is -0.278 e. The van der Waals surface area contributed by atoms with Crippen LogP contribution in [0, 0.1) is 11.3 Å². The van der Waals surface area contributed by atoms with Crippen LogP contribution in [-0.4, -0.2) is 8.42 Å². The average Bonchev–Trinajstić information content (AvgIpc) is 2.43. The molecule has 2 aromatic rings. The first-order chi connectivity index (χ1) is 9.42. The van der Waals surface area contributed by atoms with E-state index in [0.717, 1.165) is 0 Å². The second-order valence-corrected chi connectivity index (χ2v) is 6.87. The molecule has 2 aromatic carbocycles. The summed E-state index contributed by atoms with van der Waals surface area (Å²) in [6.45, 7) is 0. The molecule has 7 heteroatoms. The third kappa shape index (κ3) is 3.31. The minimum atomic E-state index is -3.74. The minimum absolute atomic E-state index is 0.0625. The van der Waals surface area contributed by atoms with Crippen LogP contribution in [0.3, 0.4) is 0 Å². The molecule has 0 aromatic heterocycles. The fourth-order valence-corrected chi connectivity index (χ4v) is 3.14. The first-order valence-corrected chi connectivity index (χ1v) is 8.06. The van der Waals surface area contributed by atoms with E-state index in [2.05, 4.69) is 20.7 Å². The Morgan fingerprint density at radius 3 is 2.40 bits per heavy atom. The van der Waals surface area contributed by atoms with Crippen molar-refractivity contribution < 1.29 is 8.42 Å². The highest BCUT2D eigenvalue weighted by molar-refractivity contribution is 9.10. The van der Waals surface area contributed by atoms with Crippen molar-refractivity contribution in [1.29, 1.82) is 5.26 Å². The SMILES string of the molecule is N#Cc1ccc(S(=O)(=O)Nc2cc(Br)ccc2Cl)cc1. The highest BCUT2D eigenvalue weighted by atomic mass is 79.9. The molecule has 4 nitrogen and oxygen atoms in total. The molecular formula is C13H8BrClN2O2S. The van der Waals surface area contributed by atoms with E-state index in [1.807, 2.05) is 6.07 Å². The van der Waals surface area contributed by atoms with Crippen LogP contribution in [-0.2, 0) is 10.0 Å². The van der Waals surface area contributed by atoms with Gasteiger partial charge in [0.25, 0.3) is 10.0 Å². The van der Waals surface area contributed by atoms with E-state index in [4.69, 9.17) is 16.9 Å². The van der Waals surface area contributed by atoms with Crippen LogP contribution in [0.1, 0.15) is 5.56 Å². The summed E-state index contributed by atoms with van der Waals surface area (Å²) < 4.78 is 27.5. The van der Waals surface area contributed by atoms with Gasteiger partial charge in [0, 0.05) is 4.47 Å². The lowest BCUT2D eigenvalue weighted by Gasteiger charge is -2.10. The predicted molar refractivity (Wildman–Crippen MR) is 81.1 cm³/mol. The van der Waals surface area contributed by atoms with Crippen LogP contribution in [0.15, 0.2) is 51.8 Å². The third-order valence-electron chi connectivity index (χ3n) is 2.47. The van der Waals surface area contributed by atoms with Crippen molar-refractivity contribution in [3.8, 4) is 6.07 Å². The van der Waals surface area contributed by atoms with E-state index in [1.54, 1.807) is 18.2 Å². The van der Waals surface area contributed by atoms with Gasteiger partial charge in [-0.3, -0.25) is 4.72 Å². The standard InChI is InChI=1S/C13H8BrClN2O2S/c14-10-3-6-12(15)13(7-10)17-20(18,19)11-4-1-9(8-16)2-5-11/h1-7,17H. The predicted octanol–water partition coefficient (Wildman–Crippen LogP) is 3.77. The largest absolute Gasteiger partial charge is 0.278 e. The van der Waals surface area contributed by atoms with Crippen molar-refractivity contribution in [2.75, 3.05) is 4.72 Å². The molecule has 0 saturated carbocycles. The summed E-state index contributed by atoms with van der Waals surface area (Å²) in [7, 11) is -3.74. The lowest BCUT2D eigenvalue weighted by molar-refractivity contribution is 0.601. The number of hydrogen-bond acceptors (Lipinski definition) is 3. The van der Waals surface area contributed by atoms with Gasteiger partial charge >= 0.3 is 0 Å². The van der Waals surface area contributed by atoms with Gasteiger partial charge in [-0.15, -0.1) is 0 Å². The third-order valence-corrected chi connectivity index (χ3v) is 4.67. The Balaban J connectivity index is 2.35. The van der Waals surface area contributed by atoms with Gasteiger partial charge in [0.1, 0.15) is 0 Å². The van der Waals surface area contributed by atoms with E-state index in [0.29, 0.717) is 15.1 Å². The van der Waals surface area contributed by atoms with Gasteiger partial charge < -0.3 is 0 Å². The molecule has 2 rings (SSSR count). The fourth-order valence-electron chi connectivity index (χ4n) is 1.49. The smallest absolute Gasteiger partial charge is 0.261 e.